The van der Waals surface area contributed by atoms with Crippen molar-refractivity contribution >= 4 is 33.5 Å². The number of carbonyl (C=O) groups excluding carboxylic acids is 1. The van der Waals surface area contributed by atoms with E-state index in [1.807, 2.05) is 24.8 Å². The van der Waals surface area contributed by atoms with Gasteiger partial charge in [-0.25, -0.2) is 14.8 Å². The number of likely N-dealkylation sites (tertiary alicyclic amines) is 1. The normalized spacial score (nSPS) is 17.5. The van der Waals surface area contributed by atoms with Gasteiger partial charge >= 0.3 is 6.03 Å². The smallest absolute Gasteiger partial charge is 0.323 e. The van der Waals surface area contributed by atoms with Crippen LogP contribution in [0.3, 0.4) is 0 Å². The minimum absolute atomic E-state index is 0.0642. The molecular weight excluding hydrogens is 370 g/mol. The largest absolute Gasteiger partial charge is 0.325 e. The standard InChI is InChI=1S/C21H27N5OS/c1-13(2)26-18-10-6-5-9-17(18)23-19(26)16-8-7-11-25(12-16)21(27)24-20-22-14(3)15(4)28-20/h5-6,9-10,13,16H,7-8,11-12H2,1-4H3,(H,22,24,27)/t16-/m0/s1. The zero-order valence-electron chi connectivity index (χ0n) is 16.9. The molecule has 7 heteroatoms. The summed E-state index contributed by atoms with van der Waals surface area (Å²) in [5.74, 6) is 1.34. The molecule has 3 aromatic rings. The van der Waals surface area contributed by atoms with Crippen molar-refractivity contribution in [1.82, 2.24) is 19.4 Å². The summed E-state index contributed by atoms with van der Waals surface area (Å²) < 4.78 is 2.33. The van der Waals surface area contributed by atoms with Gasteiger partial charge in [-0.15, -0.1) is 11.3 Å². The highest BCUT2D eigenvalue weighted by atomic mass is 32.1. The zero-order chi connectivity index (χ0) is 19.8. The van der Waals surface area contributed by atoms with Crippen molar-refractivity contribution in [1.29, 1.82) is 0 Å². The summed E-state index contributed by atoms with van der Waals surface area (Å²) in [5, 5.41) is 3.65. The molecular formula is C21H27N5OS. The van der Waals surface area contributed by atoms with Gasteiger partial charge in [-0.1, -0.05) is 12.1 Å². The number of anilines is 1. The second-order valence-electron chi connectivity index (χ2n) is 7.80. The Morgan fingerprint density at radius 1 is 1.25 bits per heavy atom. The molecule has 0 aliphatic carbocycles. The lowest BCUT2D eigenvalue weighted by molar-refractivity contribution is 0.190. The summed E-state index contributed by atoms with van der Waals surface area (Å²) in [7, 11) is 0. The summed E-state index contributed by atoms with van der Waals surface area (Å²) >= 11 is 1.53. The van der Waals surface area contributed by atoms with Crippen LogP contribution in [0.25, 0.3) is 11.0 Å². The third kappa shape index (κ3) is 3.51. The molecule has 1 N–H and O–H groups in total. The number of nitrogens with zero attached hydrogens (tertiary/aromatic N) is 4. The van der Waals surface area contributed by atoms with Crippen molar-refractivity contribution in [3.05, 3.63) is 40.7 Å². The summed E-state index contributed by atoms with van der Waals surface area (Å²) in [5.41, 5.74) is 3.17. The fourth-order valence-corrected chi connectivity index (χ4v) is 4.77. The number of imidazole rings is 1. The highest BCUT2D eigenvalue weighted by Crippen LogP contribution is 2.32. The molecule has 0 bridgehead atoms. The van der Waals surface area contributed by atoms with Crippen LogP contribution in [-0.2, 0) is 0 Å². The molecule has 3 heterocycles. The van der Waals surface area contributed by atoms with Crippen LogP contribution in [0.1, 0.15) is 55.0 Å². The van der Waals surface area contributed by atoms with E-state index in [1.165, 1.54) is 16.9 Å². The summed E-state index contributed by atoms with van der Waals surface area (Å²) in [6.07, 6.45) is 2.03. The van der Waals surface area contributed by atoms with E-state index in [-0.39, 0.29) is 11.9 Å². The Hall–Kier alpha value is -2.41. The Bertz CT molecular complexity index is 986. The third-order valence-corrected chi connectivity index (χ3v) is 6.44. The second-order valence-corrected chi connectivity index (χ2v) is 9.00. The number of amides is 2. The first-order valence-corrected chi connectivity index (χ1v) is 10.7. The number of urea groups is 1. The Morgan fingerprint density at radius 2 is 2.04 bits per heavy atom. The molecule has 1 aliphatic heterocycles. The lowest BCUT2D eigenvalue weighted by Crippen LogP contribution is -2.42. The Labute approximate surface area is 169 Å². The van der Waals surface area contributed by atoms with E-state index in [9.17, 15) is 4.79 Å². The maximum atomic E-state index is 12.8. The van der Waals surface area contributed by atoms with Crippen molar-refractivity contribution in [2.45, 2.75) is 52.5 Å². The van der Waals surface area contributed by atoms with Gasteiger partial charge in [-0.3, -0.25) is 5.32 Å². The predicted octanol–water partition coefficient (Wildman–Crippen LogP) is 5.10. The number of hydrogen-bond donors (Lipinski definition) is 1. The number of aryl methyl sites for hydroxylation is 2. The molecule has 1 aliphatic rings. The molecule has 1 atom stereocenters. The third-order valence-electron chi connectivity index (χ3n) is 5.46. The topological polar surface area (TPSA) is 63.1 Å². The van der Waals surface area contributed by atoms with E-state index in [4.69, 9.17) is 4.98 Å². The summed E-state index contributed by atoms with van der Waals surface area (Å²) in [6, 6.07) is 8.55. The average Bonchev–Trinajstić information content (AvgIpc) is 3.21. The van der Waals surface area contributed by atoms with Crippen LogP contribution in [0.2, 0.25) is 0 Å². The number of piperidine rings is 1. The molecule has 0 unspecified atom stereocenters. The molecule has 0 spiro atoms. The van der Waals surface area contributed by atoms with E-state index >= 15 is 0 Å². The van der Waals surface area contributed by atoms with Gasteiger partial charge in [0.25, 0.3) is 0 Å². The van der Waals surface area contributed by atoms with Gasteiger partial charge in [0.1, 0.15) is 5.82 Å². The molecule has 28 heavy (non-hydrogen) atoms. The van der Waals surface area contributed by atoms with E-state index in [1.54, 1.807) is 0 Å². The molecule has 0 radical (unpaired) electrons. The molecule has 2 aromatic heterocycles. The van der Waals surface area contributed by atoms with Crippen LogP contribution in [0.5, 0.6) is 0 Å². The van der Waals surface area contributed by atoms with Crippen LogP contribution in [0.15, 0.2) is 24.3 Å². The van der Waals surface area contributed by atoms with Gasteiger partial charge in [0.2, 0.25) is 0 Å². The summed E-state index contributed by atoms with van der Waals surface area (Å²) in [4.78, 5) is 25.2. The van der Waals surface area contributed by atoms with Crippen molar-refractivity contribution < 1.29 is 4.79 Å². The Kier molecular flexibility index (Phi) is 5.10. The number of hydrogen-bond acceptors (Lipinski definition) is 4. The van der Waals surface area contributed by atoms with E-state index in [0.29, 0.717) is 17.7 Å². The quantitative estimate of drug-likeness (QED) is 0.668. The Balaban J connectivity index is 1.56. The van der Waals surface area contributed by atoms with Gasteiger partial charge in [-0.05, 0) is 52.7 Å². The first kappa shape index (κ1) is 18.9. The van der Waals surface area contributed by atoms with Gasteiger partial charge in [0, 0.05) is 29.9 Å². The highest BCUT2D eigenvalue weighted by Gasteiger charge is 2.29. The van der Waals surface area contributed by atoms with E-state index in [2.05, 4.69) is 46.9 Å². The molecule has 1 aromatic carbocycles. The summed E-state index contributed by atoms with van der Waals surface area (Å²) in [6.45, 7) is 9.83. The average molecular weight is 398 g/mol. The number of fused-ring (bicyclic) bond motifs is 1. The maximum Gasteiger partial charge on any atom is 0.323 e. The van der Waals surface area contributed by atoms with Crippen molar-refractivity contribution in [3.63, 3.8) is 0 Å². The number of thiazole rings is 1. The van der Waals surface area contributed by atoms with Crippen molar-refractivity contribution in [3.8, 4) is 0 Å². The zero-order valence-corrected chi connectivity index (χ0v) is 17.7. The number of nitrogens with one attached hydrogen (secondary N) is 1. The first-order valence-electron chi connectivity index (χ1n) is 9.91. The number of carbonyl (C=O) groups is 1. The van der Waals surface area contributed by atoms with Crippen molar-refractivity contribution in [2.75, 3.05) is 18.4 Å². The molecule has 1 fully saturated rings. The van der Waals surface area contributed by atoms with Crippen LogP contribution < -0.4 is 5.32 Å². The van der Waals surface area contributed by atoms with Crippen molar-refractivity contribution in [2.24, 2.45) is 0 Å². The SMILES string of the molecule is Cc1nc(NC(=O)N2CCC[C@H](c3nc4ccccc4n3C(C)C)C2)sc1C. The monoisotopic (exact) mass is 397 g/mol. The molecule has 0 saturated carbocycles. The second kappa shape index (κ2) is 7.54. The number of benzene rings is 1. The fraction of sp³-hybridized carbons (Fsp3) is 0.476. The van der Waals surface area contributed by atoms with Gasteiger partial charge in [0.15, 0.2) is 5.13 Å². The fourth-order valence-electron chi connectivity index (χ4n) is 3.96. The van der Waals surface area contributed by atoms with E-state index in [0.717, 1.165) is 41.3 Å². The minimum atomic E-state index is -0.0642. The highest BCUT2D eigenvalue weighted by molar-refractivity contribution is 7.15. The van der Waals surface area contributed by atoms with Crippen LogP contribution in [0, 0.1) is 13.8 Å². The van der Waals surface area contributed by atoms with Crippen LogP contribution in [0.4, 0.5) is 9.93 Å². The Morgan fingerprint density at radius 3 is 2.75 bits per heavy atom. The van der Waals surface area contributed by atoms with Gasteiger partial charge < -0.3 is 9.47 Å². The molecule has 6 nitrogen and oxygen atoms in total. The maximum absolute atomic E-state index is 12.8. The molecule has 2 amide bonds. The molecule has 1 saturated heterocycles. The van der Waals surface area contributed by atoms with Crippen LogP contribution in [-0.4, -0.2) is 38.6 Å². The van der Waals surface area contributed by atoms with E-state index < -0.39 is 0 Å². The van der Waals surface area contributed by atoms with Gasteiger partial charge in [-0.2, -0.15) is 0 Å². The molecule has 148 valence electrons. The number of aromatic nitrogens is 3. The van der Waals surface area contributed by atoms with Gasteiger partial charge in [0.05, 0.1) is 16.7 Å². The molecule has 4 rings (SSSR count). The lowest BCUT2D eigenvalue weighted by Gasteiger charge is -2.33. The number of para-hydroxylation sites is 2. The predicted molar refractivity (Wildman–Crippen MR) is 114 cm³/mol. The van der Waals surface area contributed by atoms with Crippen LogP contribution >= 0.6 is 11.3 Å². The first-order chi connectivity index (χ1) is 13.4. The minimum Gasteiger partial charge on any atom is -0.325 e. The number of rotatable bonds is 3. The lowest BCUT2D eigenvalue weighted by atomic mass is 9.97.